The zero-order chi connectivity index (χ0) is 12.1. The van der Waals surface area contributed by atoms with Gasteiger partial charge in [0, 0.05) is 18.9 Å². The smallest absolute Gasteiger partial charge is 0.0763 e. The summed E-state index contributed by atoms with van der Waals surface area (Å²) in [6.07, 6.45) is 4.49. The summed E-state index contributed by atoms with van der Waals surface area (Å²) >= 11 is 6.06. The number of para-hydroxylation sites is 1. The zero-order valence-corrected chi connectivity index (χ0v) is 10.1. The average Bonchev–Trinajstić information content (AvgIpc) is 2.34. The van der Waals surface area contributed by atoms with Crippen molar-refractivity contribution in [2.75, 3.05) is 17.6 Å². The van der Waals surface area contributed by atoms with Crippen LogP contribution in [0.1, 0.15) is 5.56 Å². The van der Waals surface area contributed by atoms with Crippen LogP contribution in [0.25, 0.3) is 0 Å². The van der Waals surface area contributed by atoms with Crippen molar-refractivity contribution in [3.05, 3.63) is 53.3 Å². The number of rotatable bonds is 4. The summed E-state index contributed by atoms with van der Waals surface area (Å²) < 4.78 is 0. The molecule has 2 rings (SSSR count). The Morgan fingerprint density at radius 1 is 1.18 bits per heavy atom. The minimum absolute atomic E-state index is 0.653. The molecule has 0 radical (unpaired) electrons. The maximum atomic E-state index is 6.06. The van der Waals surface area contributed by atoms with E-state index in [1.165, 1.54) is 5.56 Å². The molecular weight excluding hydrogens is 234 g/mol. The number of pyridine rings is 1. The van der Waals surface area contributed by atoms with E-state index in [4.69, 9.17) is 17.3 Å². The Morgan fingerprint density at radius 3 is 2.65 bits per heavy atom. The van der Waals surface area contributed by atoms with Crippen LogP contribution in [0.2, 0.25) is 5.02 Å². The van der Waals surface area contributed by atoms with E-state index in [1.54, 1.807) is 12.4 Å². The van der Waals surface area contributed by atoms with Gasteiger partial charge in [-0.15, -0.1) is 0 Å². The summed E-state index contributed by atoms with van der Waals surface area (Å²) in [5, 5.41) is 3.90. The molecule has 0 unspecified atom stereocenters. The number of benzene rings is 1. The van der Waals surface area contributed by atoms with Gasteiger partial charge in [-0.05, 0) is 36.2 Å². The zero-order valence-electron chi connectivity index (χ0n) is 9.36. The number of nitrogens with zero attached hydrogens (tertiary/aromatic N) is 1. The molecule has 0 spiro atoms. The molecule has 1 aromatic carbocycles. The second kappa shape index (κ2) is 5.55. The van der Waals surface area contributed by atoms with E-state index in [9.17, 15) is 0 Å². The summed E-state index contributed by atoms with van der Waals surface area (Å²) in [6.45, 7) is 0.790. The van der Waals surface area contributed by atoms with Crippen LogP contribution in [-0.4, -0.2) is 11.5 Å². The minimum atomic E-state index is 0.653. The van der Waals surface area contributed by atoms with Gasteiger partial charge in [0.1, 0.15) is 0 Å². The summed E-state index contributed by atoms with van der Waals surface area (Å²) in [4.78, 5) is 3.98. The van der Waals surface area contributed by atoms with Crippen LogP contribution in [0.15, 0.2) is 42.7 Å². The molecule has 0 saturated carbocycles. The quantitative estimate of drug-likeness (QED) is 0.817. The van der Waals surface area contributed by atoms with Crippen LogP contribution in [-0.2, 0) is 6.42 Å². The lowest BCUT2D eigenvalue weighted by molar-refractivity contribution is 1.01. The number of aromatic nitrogens is 1. The first-order valence-electron chi connectivity index (χ1n) is 5.44. The SMILES string of the molecule is Nc1cccc(Cl)c1NCCc1ccncc1. The van der Waals surface area contributed by atoms with Gasteiger partial charge in [0.2, 0.25) is 0 Å². The molecule has 2 aromatic rings. The van der Waals surface area contributed by atoms with Crippen molar-refractivity contribution in [3.8, 4) is 0 Å². The maximum absolute atomic E-state index is 6.06. The Balaban J connectivity index is 1.95. The summed E-state index contributed by atoms with van der Waals surface area (Å²) in [7, 11) is 0. The third kappa shape index (κ3) is 3.11. The van der Waals surface area contributed by atoms with Crippen LogP contribution >= 0.6 is 11.6 Å². The highest BCUT2D eigenvalue weighted by Crippen LogP contribution is 2.27. The second-order valence-corrected chi connectivity index (χ2v) is 4.14. The molecule has 0 saturated heterocycles. The molecule has 4 heteroatoms. The van der Waals surface area contributed by atoms with Crippen molar-refractivity contribution in [1.29, 1.82) is 0 Å². The molecule has 0 aliphatic rings. The van der Waals surface area contributed by atoms with Gasteiger partial charge >= 0.3 is 0 Å². The molecule has 3 N–H and O–H groups in total. The number of hydrogen-bond acceptors (Lipinski definition) is 3. The number of nitrogen functional groups attached to an aromatic ring is 1. The number of nitrogens with two attached hydrogens (primary N) is 1. The lowest BCUT2D eigenvalue weighted by atomic mass is 10.2. The first kappa shape index (κ1) is 11.7. The van der Waals surface area contributed by atoms with E-state index in [2.05, 4.69) is 10.3 Å². The molecular formula is C13H14ClN3. The summed E-state index contributed by atoms with van der Waals surface area (Å²) in [5.41, 5.74) is 8.56. The maximum Gasteiger partial charge on any atom is 0.0763 e. The highest BCUT2D eigenvalue weighted by Gasteiger charge is 2.02. The molecule has 0 atom stereocenters. The van der Waals surface area contributed by atoms with Crippen molar-refractivity contribution >= 4 is 23.0 Å². The van der Waals surface area contributed by atoms with Crippen LogP contribution in [0.5, 0.6) is 0 Å². The van der Waals surface area contributed by atoms with Crippen LogP contribution in [0.3, 0.4) is 0 Å². The van der Waals surface area contributed by atoms with E-state index < -0.39 is 0 Å². The summed E-state index contributed by atoms with van der Waals surface area (Å²) in [5.74, 6) is 0. The third-order valence-corrected chi connectivity index (χ3v) is 2.83. The molecule has 0 aliphatic carbocycles. The summed E-state index contributed by atoms with van der Waals surface area (Å²) in [6, 6.07) is 9.49. The Labute approximate surface area is 106 Å². The second-order valence-electron chi connectivity index (χ2n) is 3.74. The number of hydrogen-bond donors (Lipinski definition) is 2. The van der Waals surface area contributed by atoms with Gasteiger partial charge in [-0.2, -0.15) is 0 Å². The molecule has 1 aromatic heterocycles. The highest BCUT2D eigenvalue weighted by atomic mass is 35.5. The van der Waals surface area contributed by atoms with Gasteiger partial charge in [-0.3, -0.25) is 4.98 Å². The first-order valence-corrected chi connectivity index (χ1v) is 5.82. The molecule has 0 bridgehead atoms. The fraction of sp³-hybridized carbons (Fsp3) is 0.154. The molecule has 88 valence electrons. The van der Waals surface area contributed by atoms with E-state index in [0.717, 1.165) is 18.7 Å². The van der Waals surface area contributed by atoms with Crippen LogP contribution in [0, 0.1) is 0 Å². The van der Waals surface area contributed by atoms with Gasteiger partial charge in [0.05, 0.1) is 16.4 Å². The Kier molecular flexibility index (Phi) is 3.83. The highest BCUT2D eigenvalue weighted by molar-refractivity contribution is 6.33. The van der Waals surface area contributed by atoms with Crippen molar-refractivity contribution in [2.24, 2.45) is 0 Å². The Hall–Kier alpha value is -1.74. The molecule has 17 heavy (non-hydrogen) atoms. The molecule has 1 heterocycles. The van der Waals surface area contributed by atoms with Crippen molar-refractivity contribution in [2.45, 2.75) is 6.42 Å². The lowest BCUT2D eigenvalue weighted by Gasteiger charge is -2.10. The van der Waals surface area contributed by atoms with Crippen molar-refractivity contribution < 1.29 is 0 Å². The van der Waals surface area contributed by atoms with E-state index in [1.807, 2.05) is 30.3 Å². The van der Waals surface area contributed by atoms with E-state index in [0.29, 0.717) is 10.7 Å². The topological polar surface area (TPSA) is 50.9 Å². The van der Waals surface area contributed by atoms with Gasteiger partial charge < -0.3 is 11.1 Å². The van der Waals surface area contributed by atoms with Gasteiger partial charge in [-0.25, -0.2) is 0 Å². The van der Waals surface area contributed by atoms with Crippen molar-refractivity contribution in [3.63, 3.8) is 0 Å². The standard InChI is InChI=1S/C13H14ClN3/c14-11-2-1-3-12(15)13(11)17-9-6-10-4-7-16-8-5-10/h1-5,7-8,17H,6,9,15H2. The minimum Gasteiger partial charge on any atom is -0.397 e. The largest absolute Gasteiger partial charge is 0.397 e. The predicted molar refractivity (Wildman–Crippen MR) is 72.3 cm³/mol. The number of halogens is 1. The monoisotopic (exact) mass is 247 g/mol. The van der Waals surface area contributed by atoms with E-state index >= 15 is 0 Å². The average molecular weight is 248 g/mol. The van der Waals surface area contributed by atoms with Gasteiger partial charge in [0.15, 0.2) is 0 Å². The lowest BCUT2D eigenvalue weighted by Crippen LogP contribution is -2.07. The number of nitrogens with one attached hydrogen (secondary N) is 1. The molecule has 0 aliphatic heterocycles. The van der Waals surface area contributed by atoms with Crippen LogP contribution < -0.4 is 11.1 Å². The van der Waals surface area contributed by atoms with Gasteiger partial charge in [0.25, 0.3) is 0 Å². The van der Waals surface area contributed by atoms with E-state index in [-0.39, 0.29) is 0 Å². The molecule has 0 fully saturated rings. The molecule has 3 nitrogen and oxygen atoms in total. The molecule has 0 amide bonds. The fourth-order valence-electron chi connectivity index (χ4n) is 1.61. The van der Waals surface area contributed by atoms with Crippen molar-refractivity contribution in [1.82, 2.24) is 4.98 Å². The fourth-order valence-corrected chi connectivity index (χ4v) is 1.86. The Bertz CT molecular complexity index is 465. The van der Waals surface area contributed by atoms with Gasteiger partial charge in [-0.1, -0.05) is 17.7 Å². The normalized spacial score (nSPS) is 10.2. The Morgan fingerprint density at radius 2 is 1.94 bits per heavy atom. The predicted octanol–water partition coefficient (Wildman–Crippen LogP) is 2.97. The number of anilines is 2. The first-order chi connectivity index (χ1) is 8.27. The van der Waals surface area contributed by atoms with Crippen LogP contribution in [0.4, 0.5) is 11.4 Å². The third-order valence-electron chi connectivity index (χ3n) is 2.51.